The summed E-state index contributed by atoms with van der Waals surface area (Å²) in [5.74, 6) is -0.209. The first-order chi connectivity index (χ1) is 10.7. The molecule has 1 unspecified atom stereocenters. The van der Waals surface area contributed by atoms with E-state index in [1.54, 1.807) is 11.3 Å². The number of benzene rings is 1. The Morgan fingerprint density at radius 1 is 1.32 bits per heavy atom. The molecule has 1 aliphatic rings. The summed E-state index contributed by atoms with van der Waals surface area (Å²) in [7, 11) is 0. The van der Waals surface area contributed by atoms with Crippen molar-refractivity contribution in [3.05, 3.63) is 52.0 Å². The summed E-state index contributed by atoms with van der Waals surface area (Å²) in [6.07, 6.45) is 3.95. The zero-order valence-corrected chi connectivity index (χ0v) is 13.4. The van der Waals surface area contributed by atoms with Crippen LogP contribution in [0.4, 0.5) is 0 Å². The molecule has 116 valence electrons. The molecule has 3 rings (SSSR count). The van der Waals surface area contributed by atoms with Gasteiger partial charge in [-0.2, -0.15) is 0 Å². The Morgan fingerprint density at radius 2 is 2.14 bits per heavy atom. The maximum atomic E-state index is 11.6. The van der Waals surface area contributed by atoms with Gasteiger partial charge in [0.1, 0.15) is 0 Å². The molecule has 1 aromatic heterocycles. The number of carbonyl (C=O) groups excluding carboxylic acids is 1. The highest BCUT2D eigenvalue weighted by atomic mass is 32.1. The Balaban J connectivity index is 1.65. The molecule has 0 aliphatic carbocycles. The maximum absolute atomic E-state index is 11.6. The Labute approximate surface area is 135 Å². The minimum absolute atomic E-state index is 0.131. The molecule has 4 nitrogen and oxygen atoms in total. The standard InChI is InChI=1S/C17H21N3OS/c18-17(21)15-8-4-5-9-20(15)11-14-12-22-16(19-14)10-13-6-2-1-3-7-13/h1-3,6-7,12,15H,4-5,8-11H2,(H2,18,21). The average molecular weight is 315 g/mol. The number of amides is 1. The van der Waals surface area contributed by atoms with Gasteiger partial charge in [-0.05, 0) is 24.9 Å². The minimum Gasteiger partial charge on any atom is -0.368 e. The SMILES string of the molecule is NC(=O)C1CCCCN1Cc1csc(Cc2ccccc2)n1. The number of primary amides is 1. The van der Waals surface area contributed by atoms with Crippen LogP contribution in [0.3, 0.4) is 0 Å². The molecule has 1 amide bonds. The molecule has 0 spiro atoms. The summed E-state index contributed by atoms with van der Waals surface area (Å²) in [5.41, 5.74) is 7.84. The molecule has 22 heavy (non-hydrogen) atoms. The molecule has 1 atom stereocenters. The highest BCUT2D eigenvalue weighted by molar-refractivity contribution is 7.09. The van der Waals surface area contributed by atoms with E-state index in [4.69, 9.17) is 10.7 Å². The molecule has 2 heterocycles. The van der Waals surface area contributed by atoms with Crippen molar-refractivity contribution in [2.45, 2.75) is 38.3 Å². The molecule has 1 aliphatic heterocycles. The molecule has 0 bridgehead atoms. The van der Waals surface area contributed by atoms with Gasteiger partial charge in [-0.1, -0.05) is 36.8 Å². The van der Waals surface area contributed by atoms with E-state index in [-0.39, 0.29) is 11.9 Å². The van der Waals surface area contributed by atoms with Gasteiger partial charge in [0.25, 0.3) is 0 Å². The van der Waals surface area contributed by atoms with Gasteiger partial charge in [0.05, 0.1) is 16.7 Å². The summed E-state index contributed by atoms with van der Waals surface area (Å²) in [4.78, 5) is 18.5. The number of thiazole rings is 1. The summed E-state index contributed by atoms with van der Waals surface area (Å²) >= 11 is 1.69. The van der Waals surface area contributed by atoms with Crippen LogP contribution in [0.1, 0.15) is 35.5 Å². The van der Waals surface area contributed by atoms with Gasteiger partial charge in [0, 0.05) is 18.3 Å². The van der Waals surface area contributed by atoms with Crippen molar-refractivity contribution >= 4 is 17.2 Å². The Morgan fingerprint density at radius 3 is 2.91 bits per heavy atom. The smallest absolute Gasteiger partial charge is 0.234 e. The van der Waals surface area contributed by atoms with Gasteiger partial charge >= 0.3 is 0 Å². The number of aromatic nitrogens is 1. The van der Waals surface area contributed by atoms with Crippen LogP contribution in [0.2, 0.25) is 0 Å². The fraction of sp³-hybridized carbons (Fsp3) is 0.412. The highest BCUT2D eigenvalue weighted by Crippen LogP contribution is 2.21. The Hall–Kier alpha value is -1.72. The Bertz CT molecular complexity index is 626. The Kier molecular flexibility index (Phi) is 4.85. The first kappa shape index (κ1) is 15.2. The molecular formula is C17H21N3OS. The normalized spacial score (nSPS) is 19.2. The third-order valence-corrected chi connectivity index (χ3v) is 5.00. The first-order valence-corrected chi connectivity index (χ1v) is 8.61. The van der Waals surface area contributed by atoms with E-state index in [2.05, 4.69) is 34.5 Å². The molecule has 2 aromatic rings. The van der Waals surface area contributed by atoms with Crippen molar-refractivity contribution in [3.8, 4) is 0 Å². The predicted octanol–water partition coefficient (Wildman–Crippen LogP) is 2.57. The van der Waals surface area contributed by atoms with Crippen molar-refractivity contribution in [2.24, 2.45) is 5.73 Å². The largest absolute Gasteiger partial charge is 0.368 e. The van der Waals surface area contributed by atoms with Crippen LogP contribution in [0.15, 0.2) is 35.7 Å². The van der Waals surface area contributed by atoms with Gasteiger partial charge in [0.2, 0.25) is 5.91 Å². The monoisotopic (exact) mass is 315 g/mol. The van der Waals surface area contributed by atoms with Crippen molar-refractivity contribution in [1.82, 2.24) is 9.88 Å². The molecule has 1 saturated heterocycles. The van der Waals surface area contributed by atoms with E-state index >= 15 is 0 Å². The fourth-order valence-electron chi connectivity index (χ4n) is 2.98. The van der Waals surface area contributed by atoms with Crippen LogP contribution in [0.5, 0.6) is 0 Å². The zero-order chi connectivity index (χ0) is 15.4. The number of carbonyl (C=O) groups is 1. The average Bonchev–Trinajstić information content (AvgIpc) is 2.96. The van der Waals surface area contributed by atoms with Crippen LogP contribution in [-0.2, 0) is 17.8 Å². The molecular weight excluding hydrogens is 294 g/mol. The van der Waals surface area contributed by atoms with Crippen LogP contribution in [0, 0.1) is 0 Å². The summed E-state index contributed by atoms with van der Waals surface area (Å²) in [6.45, 7) is 1.65. The quantitative estimate of drug-likeness (QED) is 0.922. The third kappa shape index (κ3) is 3.72. The summed E-state index contributed by atoms with van der Waals surface area (Å²) in [5, 5.41) is 3.22. The lowest BCUT2D eigenvalue weighted by atomic mass is 10.0. The summed E-state index contributed by atoms with van der Waals surface area (Å²) in [6, 6.07) is 10.2. The van der Waals surface area contributed by atoms with Gasteiger partial charge in [-0.15, -0.1) is 11.3 Å². The number of rotatable bonds is 5. The van der Waals surface area contributed by atoms with E-state index in [0.29, 0.717) is 0 Å². The lowest BCUT2D eigenvalue weighted by molar-refractivity contribution is -0.124. The first-order valence-electron chi connectivity index (χ1n) is 7.73. The van der Waals surface area contributed by atoms with E-state index in [1.165, 1.54) is 5.56 Å². The molecule has 1 aromatic carbocycles. The van der Waals surface area contributed by atoms with Gasteiger partial charge < -0.3 is 5.73 Å². The minimum atomic E-state index is -0.209. The van der Waals surface area contributed by atoms with Crippen LogP contribution in [-0.4, -0.2) is 28.4 Å². The molecule has 2 N–H and O–H groups in total. The van der Waals surface area contributed by atoms with Crippen LogP contribution < -0.4 is 5.73 Å². The van der Waals surface area contributed by atoms with Gasteiger partial charge in [0.15, 0.2) is 0 Å². The topological polar surface area (TPSA) is 59.2 Å². The maximum Gasteiger partial charge on any atom is 0.234 e. The highest BCUT2D eigenvalue weighted by Gasteiger charge is 2.27. The molecule has 1 fully saturated rings. The lowest BCUT2D eigenvalue weighted by Crippen LogP contribution is -2.47. The number of hydrogen-bond acceptors (Lipinski definition) is 4. The molecule has 0 saturated carbocycles. The second-order valence-electron chi connectivity index (χ2n) is 5.78. The third-order valence-electron chi connectivity index (χ3n) is 4.10. The van der Waals surface area contributed by atoms with Crippen molar-refractivity contribution in [3.63, 3.8) is 0 Å². The molecule has 0 radical (unpaired) electrons. The second kappa shape index (κ2) is 7.03. The lowest BCUT2D eigenvalue weighted by Gasteiger charge is -2.32. The van der Waals surface area contributed by atoms with Gasteiger partial charge in [-0.3, -0.25) is 9.69 Å². The van der Waals surface area contributed by atoms with Crippen molar-refractivity contribution in [1.29, 1.82) is 0 Å². The number of likely N-dealkylation sites (tertiary alicyclic amines) is 1. The van der Waals surface area contributed by atoms with E-state index in [1.807, 2.05) is 6.07 Å². The van der Waals surface area contributed by atoms with E-state index < -0.39 is 0 Å². The van der Waals surface area contributed by atoms with E-state index in [9.17, 15) is 4.79 Å². The van der Waals surface area contributed by atoms with Gasteiger partial charge in [-0.25, -0.2) is 4.98 Å². The number of hydrogen-bond donors (Lipinski definition) is 1. The van der Waals surface area contributed by atoms with Crippen molar-refractivity contribution < 1.29 is 4.79 Å². The number of nitrogens with two attached hydrogens (primary N) is 1. The second-order valence-corrected chi connectivity index (χ2v) is 6.72. The van der Waals surface area contributed by atoms with Crippen LogP contribution >= 0.6 is 11.3 Å². The van der Waals surface area contributed by atoms with E-state index in [0.717, 1.165) is 49.5 Å². The van der Waals surface area contributed by atoms with Crippen LogP contribution in [0.25, 0.3) is 0 Å². The fourth-order valence-corrected chi connectivity index (χ4v) is 3.80. The zero-order valence-electron chi connectivity index (χ0n) is 12.6. The number of piperidine rings is 1. The predicted molar refractivity (Wildman–Crippen MR) is 88.6 cm³/mol. The van der Waals surface area contributed by atoms with Crippen molar-refractivity contribution in [2.75, 3.05) is 6.54 Å². The summed E-state index contributed by atoms with van der Waals surface area (Å²) < 4.78 is 0. The molecule has 5 heteroatoms. The number of nitrogens with zero attached hydrogens (tertiary/aromatic N) is 2.